The van der Waals surface area contributed by atoms with Crippen LogP contribution in [0.3, 0.4) is 0 Å². The lowest BCUT2D eigenvalue weighted by atomic mass is 9.47. The van der Waals surface area contributed by atoms with Gasteiger partial charge >= 0.3 is 0 Å². The third-order valence-corrected chi connectivity index (χ3v) is 11.8. The van der Waals surface area contributed by atoms with Crippen molar-refractivity contribution in [3.05, 3.63) is 39.9 Å². The highest BCUT2D eigenvalue weighted by atomic mass is 35.5. The van der Waals surface area contributed by atoms with Crippen LogP contribution < -0.4 is 4.72 Å². The van der Waals surface area contributed by atoms with Crippen LogP contribution in [-0.4, -0.2) is 24.1 Å². The summed E-state index contributed by atoms with van der Waals surface area (Å²) in [6.45, 7) is 1.81. The first-order chi connectivity index (χ1) is 14.6. The minimum Gasteiger partial charge on any atom is -0.390 e. The van der Waals surface area contributed by atoms with Crippen molar-refractivity contribution in [1.82, 2.24) is 4.98 Å². The fraction of sp³-hybridized carbons (Fsp3) is 0.500. The number of benzene rings is 1. The average Bonchev–Trinajstić information content (AvgIpc) is 3.25. The minimum atomic E-state index is -3.75. The summed E-state index contributed by atoms with van der Waals surface area (Å²) < 4.78 is 30.3. The molecule has 1 aromatic carbocycles. The molecule has 0 amide bonds. The number of thiazole rings is 1. The van der Waals surface area contributed by atoms with Crippen molar-refractivity contribution in [3.63, 3.8) is 0 Å². The molecule has 2 aromatic heterocycles. The lowest BCUT2D eigenvalue weighted by Crippen LogP contribution is -2.57. The van der Waals surface area contributed by atoms with Gasteiger partial charge in [-0.2, -0.15) is 0 Å². The van der Waals surface area contributed by atoms with Crippen LogP contribution in [0.25, 0.3) is 10.1 Å². The summed E-state index contributed by atoms with van der Waals surface area (Å²) in [6.07, 6.45) is 5.88. The summed E-state index contributed by atoms with van der Waals surface area (Å²) in [6, 6.07) is 5.44. The van der Waals surface area contributed by atoms with E-state index in [1.807, 2.05) is 18.4 Å². The number of hydrogen-bond acceptors (Lipinski definition) is 6. The van der Waals surface area contributed by atoms with Crippen LogP contribution in [0.15, 0.2) is 27.8 Å². The molecule has 4 aliphatic rings. The van der Waals surface area contributed by atoms with Crippen LogP contribution in [0, 0.1) is 18.8 Å². The molecular weight excluding hydrogens is 472 g/mol. The summed E-state index contributed by atoms with van der Waals surface area (Å²) in [7, 11) is -3.75. The molecule has 4 aliphatic carbocycles. The lowest BCUT2D eigenvalue weighted by Gasteiger charge is -2.59. The highest BCUT2D eigenvalue weighted by Crippen LogP contribution is 2.62. The van der Waals surface area contributed by atoms with Crippen molar-refractivity contribution >= 4 is 59.5 Å². The second-order valence-corrected chi connectivity index (χ2v) is 14.0. The van der Waals surface area contributed by atoms with E-state index >= 15 is 0 Å². The van der Waals surface area contributed by atoms with Gasteiger partial charge in [-0.25, -0.2) is 13.4 Å². The molecule has 2 atom stereocenters. The predicted octanol–water partition coefficient (Wildman–Crippen LogP) is 5.70. The van der Waals surface area contributed by atoms with Crippen LogP contribution >= 0.6 is 34.3 Å². The molecule has 4 fully saturated rings. The van der Waals surface area contributed by atoms with Crippen LogP contribution in [0.1, 0.15) is 49.8 Å². The number of halogens is 1. The molecule has 5 nitrogen and oxygen atoms in total. The first kappa shape index (κ1) is 20.4. The molecule has 31 heavy (non-hydrogen) atoms. The fourth-order valence-electron chi connectivity index (χ4n) is 6.67. The Morgan fingerprint density at radius 1 is 1.23 bits per heavy atom. The number of nitrogens with zero attached hydrogens (tertiary/aromatic N) is 1. The standard InChI is InChI=1S/C22H23ClN2O3S3/c1-12-16-5-15(23)2-3-17(16)30-19(12)31(27,28)25-20-24-18(10-29-20)21-6-13-4-14(7-21)9-22(26,8-13)11-21/h2-3,5,10,13-14,26H,4,6-9,11H2,1H3,(H,24,25). The van der Waals surface area contributed by atoms with E-state index in [-0.39, 0.29) is 5.41 Å². The zero-order valence-corrected chi connectivity index (χ0v) is 20.2. The van der Waals surface area contributed by atoms with Crippen molar-refractivity contribution in [1.29, 1.82) is 0 Å². The number of rotatable bonds is 4. The van der Waals surface area contributed by atoms with Gasteiger partial charge in [0, 0.05) is 20.5 Å². The Morgan fingerprint density at radius 2 is 1.97 bits per heavy atom. The van der Waals surface area contributed by atoms with Crippen molar-refractivity contribution in [2.45, 2.75) is 60.7 Å². The van der Waals surface area contributed by atoms with Gasteiger partial charge in [-0.3, -0.25) is 4.72 Å². The Kier molecular flexibility index (Phi) is 4.39. The monoisotopic (exact) mass is 494 g/mol. The van der Waals surface area contributed by atoms with E-state index in [1.165, 1.54) is 29.1 Å². The molecule has 9 heteroatoms. The summed E-state index contributed by atoms with van der Waals surface area (Å²) in [5.74, 6) is 1.11. The number of aliphatic hydroxyl groups is 1. The molecule has 4 bridgehead atoms. The Hall–Kier alpha value is -1.19. The SMILES string of the molecule is Cc1c(S(=O)(=O)Nc2nc(C34CC5CC(CC(O)(C5)C3)C4)cs2)sc2ccc(Cl)cc12. The maximum Gasteiger partial charge on any atom is 0.273 e. The Balaban J connectivity index is 1.31. The van der Waals surface area contributed by atoms with Gasteiger partial charge in [0.05, 0.1) is 11.3 Å². The molecule has 2 N–H and O–H groups in total. The number of aromatic nitrogens is 1. The molecule has 2 heterocycles. The number of hydrogen-bond donors (Lipinski definition) is 2. The van der Waals surface area contributed by atoms with Crippen LogP contribution in [-0.2, 0) is 15.4 Å². The molecule has 164 valence electrons. The summed E-state index contributed by atoms with van der Waals surface area (Å²) in [5, 5.41) is 14.9. The highest BCUT2D eigenvalue weighted by molar-refractivity contribution is 7.95. The number of nitrogens with one attached hydrogen (secondary N) is 1. The van der Waals surface area contributed by atoms with E-state index in [1.54, 1.807) is 12.1 Å². The van der Waals surface area contributed by atoms with Gasteiger partial charge in [0.15, 0.2) is 5.13 Å². The number of anilines is 1. The molecule has 2 unspecified atom stereocenters. The van der Waals surface area contributed by atoms with E-state index in [2.05, 4.69) is 4.72 Å². The van der Waals surface area contributed by atoms with Crippen molar-refractivity contribution in [2.24, 2.45) is 11.8 Å². The minimum absolute atomic E-state index is 0.108. The Bertz CT molecular complexity index is 1300. The molecule has 0 aliphatic heterocycles. The third-order valence-electron chi connectivity index (χ3n) is 7.40. The largest absolute Gasteiger partial charge is 0.390 e. The van der Waals surface area contributed by atoms with Gasteiger partial charge in [0.1, 0.15) is 4.21 Å². The number of fused-ring (bicyclic) bond motifs is 1. The van der Waals surface area contributed by atoms with Crippen LogP contribution in [0.5, 0.6) is 0 Å². The van der Waals surface area contributed by atoms with Gasteiger partial charge in [0.2, 0.25) is 0 Å². The molecule has 4 saturated carbocycles. The zero-order valence-electron chi connectivity index (χ0n) is 17.0. The number of sulfonamides is 1. The normalized spacial score (nSPS) is 32.1. The molecule has 0 spiro atoms. The van der Waals surface area contributed by atoms with Crippen molar-refractivity contribution in [2.75, 3.05) is 4.72 Å². The third kappa shape index (κ3) is 3.25. The van der Waals surface area contributed by atoms with E-state index in [0.29, 0.717) is 31.8 Å². The maximum absolute atomic E-state index is 13.2. The number of aryl methyl sites for hydroxylation is 1. The molecule has 7 rings (SSSR count). The second-order valence-electron chi connectivity index (χ2n) is 9.76. The van der Waals surface area contributed by atoms with Gasteiger partial charge in [-0.05, 0) is 86.4 Å². The quantitative estimate of drug-likeness (QED) is 0.487. The molecule has 0 saturated heterocycles. The Labute approximate surface area is 194 Å². The van der Waals surface area contributed by atoms with Crippen LogP contribution in [0.2, 0.25) is 5.02 Å². The summed E-state index contributed by atoms with van der Waals surface area (Å²) >= 11 is 8.68. The molecular formula is C22H23ClN2O3S3. The predicted molar refractivity (Wildman–Crippen MR) is 126 cm³/mol. The van der Waals surface area contributed by atoms with Gasteiger partial charge in [-0.15, -0.1) is 22.7 Å². The van der Waals surface area contributed by atoms with Crippen molar-refractivity contribution in [3.8, 4) is 0 Å². The van der Waals surface area contributed by atoms with Crippen molar-refractivity contribution < 1.29 is 13.5 Å². The first-order valence-corrected chi connectivity index (χ1v) is 14.1. The van der Waals surface area contributed by atoms with Gasteiger partial charge < -0.3 is 5.11 Å². The number of thiophene rings is 1. The van der Waals surface area contributed by atoms with Gasteiger partial charge in [0.25, 0.3) is 10.0 Å². The molecule has 3 aromatic rings. The summed E-state index contributed by atoms with van der Waals surface area (Å²) in [4.78, 5) is 4.74. The van der Waals surface area contributed by atoms with E-state index in [4.69, 9.17) is 16.6 Å². The first-order valence-electron chi connectivity index (χ1n) is 10.5. The van der Waals surface area contributed by atoms with E-state index in [9.17, 15) is 13.5 Å². The topological polar surface area (TPSA) is 79.3 Å². The Morgan fingerprint density at radius 3 is 2.68 bits per heavy atom. The zero-order chi connectivity index (χ0) is 21.6. The average molecular weight is 495 g/mol. The molecule has 0 radical (unpaired) electrons. The van der Waals surface area contributed by atoms with E-state index in [0.717, 1.165) is 47.9 Å². The highest BCUT2D eigenvalue weighted by Gasteiger charge is 2.58. The van der Waals surface area contributed by atoms with E-state index < -0.39 is 15.6 Å². The lowest BCUT2D eigenvalue weighted by molar-refractivity contribution is -0.137. The maximum atomic E-state index is 13.2. The summed E-state index contributed by atoms with van der Waals surface area (Å²) in [5.41, 5.74) is 0.976. The smallest absolute Gasteiger partial charge is 0.273 e. The van der Waals surface area contributed by atoms with Crippen LogP contribution in [0.4, 0.5) is 5.13 Å². The fourth-order valence-corrected chi connectivity index (χ4v) is 10.7. The van der Waals surface area contributed by atoms with Gasteiger partial charge in [-0.1, -0.05) is 11.6 Å². The second kappa shape index (κ2) is 6.67.